The molecule has 3 heterocycles. The first-order valence-electron chi connectivity index (χ1n) is 9.72. The van der Waals surface area contributed by atoms with E-state index in [9.17, 15) is 9.59 Å². The summed E-state index contributed by atoms with van der Waals surface area (Å²) in [5.74, 6) is 0.579. The zero-order valence-corrected chi connectivity index (χ0v) is 15.3. The highest BCUT2D eigenvalue weighted by Crippen LogP contribution is 2.34. The Balaban J connectivity index is 1.47. The lowest BCUT2D eigenvalue weighted by Crippen LogP contribution is -2.42. The molecule has 0 aromatic heterocycles. The summed E-state index contributed by atoms with van der Waals surface area (Å²) < 4.78 is 5.66. The van der Waals surface area contributed by atoms with Crippen LogP contribution in [0.3, 0.4) is 0 Å². The highest BCUT2D eigenvalue weighted by Gasteiger charge is 2.40. The van der Waals surface area contributed by atoms with Crippen LogP contribution in [0.15, 0.2) is 24.3 Å². The number of nitrogens with one attached hydrogen (secondary N) is 1. The van der Waals surface area contributed by atoms with E-state index in [2.05, 4.69) is 5.32 Å². The fourth-order valence-corrected chi connectivity index (χ4v) is 4.46. The van der Waals surface area contributed by atoms with Crippen molar-refractivity contribution in [2.24, 2.45) is 5.92 Å². The summed E-state index contributed by atoms with van der Waals surface area (Å²) in [6.45, 7) is 4.49. The predicted molar refractivity (Wildman–Crippen MR) is 99.2 cm³/mol. The molecule has 3 aliphatic heterocycles. The van der Waals surface area contributed by atoms with Crippen molar-refractivity contribution >= 4 is 17.5 Å². The van der Waals surface area contributed by atoms with Gasteiger partial charge in [-0.25, -0.2) is 0 Å². The molecule has 6 nitrogen and oxygen atoms in total. The van der Waals surface area contributed by atoms with E-state index in [0.29, 0.717) is 31.0 Å². The van der Waals surface area contributed by atoms with Crippen LogP contribution in [0.25, 0.3) is 0 Å². The summed E-state index contributed by atoms with van der Waals surface area (Å²) in [5.41, 5.74) is 0.770. The molecule has 3 unspecified atom stereocenters. The van der Waals surface area contributed by atoms with Crippen LogP contribution in [-0.4, -0.2) is 55.0 Å². The molecule has 1 aromatic carbocycles. The molecule has 0 radical (unpaired) electrons. The molecule has 3 atom stereocenters. The van der Waals surface area contributed by atoms with Gasteiger partial charge in [0.2, 0.25) is 11.8 Å². The number of nitrogens with zero attached hydrogens (tertiary/aromatic N) is 2. The van der Waals surface area contributed by atoms with Crippen LogP contribution in [0, 0.1) is 5.92 Å². The molecule has 6 heteroatoms. The summed E-state index contributed by atoms with van der Waals surface area (Å²) in [4.78, 5) is 29.4. The maximum absolute atomic E-state index is 13.1. The predicted octanol–water partition coefficient (Wildman–Crippen LogP) is 1.79. The molecule has 3 fully saturated rings. The second-order valence-electron chi connectivity index (χ2n) is 7.52. The van der Waals surface area contributed by atoms with Crippen molar-refractivity contribution in [3.63, 3.8) is 0 Å². The van der Waals surface area contributed by atoms with E-state index in [-0.39, 0.29) is 24.2 Å². The lowest BCUT2D eigenvalue weighted by Gasteiger charge is -2.27. The average Bonchev–Trinajstić information content (AvgIpc) is 3.17. The third-order valence-corrected chi connectivity index (χ3v) is 5.77. The summed E-state index contributed by atoms with van der Waals surface area (Å²) in [6, 6.07) is 8.54. The van der Waals surface area contributed by atoms with Gasteiger partial charge in [-0.2, -0.15) is 0 Å². The number of carbonyl (C=O) groups is 2. The van der Waals surface area contributed by atoms with Gasteiger partial charge in [0.05, 0.1) is 18.2 Å². The Morgan fingerprint density at radius 3 is 2.85 bits per heavy atom. The van der Waals surface area contributed by atoms with Gasteiger partial charge >= 0.3 is 0 Å². The van der Waals surface area contributed by atoms with Crippen molar-refractivity contribution in [2.45, 2.75) is 44.7 Å². The van der Waals surface area contributed by atoms with Gasteiger partial charge in [-0.3, -0.25) is 9.59 Å². The number of ether oxygens (including phenoxy) is 1. The first-order chi connectivity index (χ1) is 12.7. The van der Waals surface area contributed by atoms with Crippen molar-refractivity contribution in [2.75, 3.05) is 31.1 Å². The van der Waals surface area contributed by atoms with Crippen LogP contribution in [0.1, 0.15) is 32.6 Å². The van der Waals surface area contributed by atoms with Crippen LogP contribution in [0.2, 0.25) is 0 Å². The highest BCUT2D eigenvalue weighted by atomic mass is 16.5. The van der Waals surface area contributed by atoms with E-state index in [0.717, 1.165) is 31.6 Å². The topological polar surface area (TPSA) is 61.9 Å². The zero-order chi connectivity index (χ0) is 18.1. The lowest BCUT2D eigenvalue weighted by atomic mass is 10.0. The maximum atomic E-state index is 13.1. The van der Waals surface area contributed by atoms with Crippen molar-refractivity contribution in [3.05, 3.63) is 24.3 Å². The number of para-hydroxylation sites is 2. The largest absolute Gasteiger partial charge is 0.492 e. The Hall–Kier alpha value is -2.08. The van der Waals surface area contributed by atoms with Crippen LogP contribution in [-0.2, 0) is 9.59 Å². The molecule has 3 saturated heterocycles. The summed E-state index contributed by atoms with van der Waals surface area (Å²) in [5, 5.41) is 3.61. The van der Waals surface area contributed by atoms with E-state index < -0.39 is 0 Å². The van der Waals surface area contributed by atoms with Crippen molar-refractivity contribution < 1.29 is 14.3 Å². The molecule has 140 valence electrons. The maximum Gasteiger partial charge on any atom is 0.228 e. The Bertz CT molecular complexity index is 693. The third-order valence-electron chi connectivity index (χ3n) is 5.77. The fraction of sp³-hybridized carbons (Fsp3) is 0.600. The van der Waals surface area contributed by atoms with Gasteiger partial charge < -0.3 is 19.9 Å². The molecule has 0 aliphatic carbocycles. The number of rotatable bonds is 4. The fourth-order valence-electron chi connectivity index (χ4n) is 4.46. The number of hydrogen-bond donors (Lipinski definition) is 1. The van der Waals surface area contributed by atoms with Gasteiger partial charge in [0.15, 0.2) is 0 Å². The first kappa shape index (κ1) is 17.3. The molecule has 4 rings (SSSR count). The SMILES string of the molecule is CCOc1ccccc1N1CC(C(=O)N2CCC3CCC(C2)N3)CC1=O. The highest BCUT2D eigenvalue weighted by molar-refractivity contribution is 6.01. The minimum absolute atomic E-state index is 0.00460. The molecule has 1 aromatic rings. The minimum atomic E-state index is -0.256. The molecular formula is C20H27N3O3. The molecule has 1 N–H and O–H groups in total. The van der Waals surface area contributed by atoms with Crippen LogP contribution in [0.4, 0.5) is 5.69 Å². The Morgan fingerprint density at radius 2 is 2.00 bits per heavy atom. The molecule has 26 heavy (non-hydrogen) atoms. The van der Waals surface area contributed by atoms with Crippen LogP contribution in [0.5, 0.6) is 5.75 Å². The molecule has 2 bridgehead atoms. The third kappa shape index (κ3) is 3.30. The van der Waals surface area contributed by atoms with Gasteiger partial charge in [0.25, 0.3) is 0 Å². The summed E-state index contributed by atoms with van der Waals surface area (Å²) >= 11 is 0. The molecule has 3 aliphatic rings. The Morgan fingerprint density at radius 1 is 1.19 bits per heavy atom. The monoisotopic (exact) mass is 357 g/mol. The quantitative estimate of drug-likeness (QED) is 0.892. The average molecular weight is 357 g/mol. The van der Waals surface area contributed by atoms with Crippen molar-refractivity contribution in [1.82, 2.24) is 10.2 Å². The van der Waals surface area contributed by atoms with E-state index in [1.54, 1.807) is 4.90 Å². The number of fused-ring (bicyclic) bond motifs is 2. The standard InChI is InChI=1S/C20H27N3O3/c1-2-26-18-6-4-3-5-17(18)23-12-14(11-19(23)24)20(25)22-10-9-15-7-8-16(13-22)21-15/h3-6,14-16,21H,2,7-13H2,1H3. The molecule has 2 amide bonds. The zero-order valence-electron chi connectivity index (χ0n) is 15.3. The second kappa shape index (κ2) is 7.27. The van der Waals surface area contributed by atoms with E-state index in [1.807, 2.05) is 36.1 Å². The van der Waals surface area contributed by atoms with Gasteiger partial charge in [-0.15, -0.1) is 0 Å². The molecular weight excluding hydrogens is 330 g/mol. The number of carbonyl (C=O) groups excluding carboxylic acids is 2. The molecule has 0 saturated carbocycles. The number of anilines is 1. The van der Waals surface area contributed by atoms with Crippen LogP contribution >= 0.6 is 0 Å². The van der Waals surface area contributed by atoms with Gasteiger partial charge in [0.1, 0.15) is 5.75 Å². The number of benzene rings is 1. The Labute approximate surface area is 154 Å². The van der Waals surface area contributed by atoms with Crippen molar-refractivity contribution in [3.8, 4) is 5.75 Å². The second-order valence-corrected chi connectivity index (χ2v) is 7.52. The van der Waals surface area contributed by atoms with Crippen molar-refractivity contribution in [1.29, 1.82) is 0 Å². The summed E-state index contributed by atoms with van der Waals surface area (Å²) in [6.07, 6.45) is 3.67. The number of amides is 2. The number of hydrogen-bond acceptors (Lipinski definition) is 4. The van der Waals surface area contributed by atoms with Crippen LogP contribution < -0.4 is 15.0 Å². The van der Waals surface area contributed by atoms with E-state index in [1.165, 1.54) is 6.42 Å². The summed E-state index contributed by atoms with van der Waals surface area (Å²) in [7, 11) is 0. The Kier molecular flexibility index (Phi) is 4.85. The van der Waals surface area contributed by atoms with Gasteiger partial charge in [-0.05, 0) is 38.3 Å². The van der Waals surface area contributed by atoms with Gasteiger partial charge in [-0.1, -0.05) is 12.1 Å². The lowest BCUT2D eigenvalue weighted by molar-refractivity contribution is -0.136. The normalized spacial score (nSPS) is 28.3. The van der Waals surface area contributed by atoms with E-state index in [4.69, 9.17) is 4.74 Å². The molecule has 0 spiro atoms. The van der Waals surface area contributed by atoms with Gasteiger partial charge in [0, 0.05) is 38.1 Å². The number of likely N-dealkylation sites (tertiary alicyclic amines) is 1. The first-order valence-corrected chi connectivity index (χ1v) is 9.72. The smallest absolute Gasteiger partial charge is 0.228 e. The van der Waals surface area contributed by atoms with E-state index >= 15 is 0 Å². The minimum Gasteiger partial charge on any atom is -0.492 e.